The molecule has 0 bridgehead atoms. The predicted molar refractivity (Wildman–Crippen MR) is 44.4 cm³/mol. The summed E-state index contributed by atoms with van der Waals surface area (Å²) in [5, 5.41) is 9.37. The van der Waals surface area contributed by atoms with Crippen molar-refractivity contribution in [1.29, 1.82) is 0 Å². The molecule has 0 saturated carbocycles. The van der Waals surface area contributed by atoms with Gasteiger partial charge in [-0.2, -0.15) is 0 Å². The van der Waals surface area contributed by atoms with Crippen molar-refractivity contribution in [3.8, 4) is 11.5 Å². The Morgan fingerprint density at radius 3 is 2.46 bits per heavy atom. The van der Waals surface area contributed by atoms with E-state index in [1.165, 1.54) is 19.2 Å². The Balaban J connectivity index is 3.30. The highest BCUT2D eigenvalue weighted by atomic mass is 19.3. The molecule has 1 aromatic carbocycles. The van der Waals surface area contributed by atoms with E-state index in [1.807, 2.05) is 0 Å². The first-order valence-corrected chi connectivity index (χ1v) is 3.72. The molecule has 0 aliphatic heterocycles. The van der Waals surface area contributed by atoms with E-state index in [0.717, 1.165) is 0 Å². The summed E-state index contributed by atoms with van der Waals surface area (Å²) < 4.78 is 29.4. The minimum absolute atomic E-state index is 0.144. The fraction of sp³-hybridized carbons (Fsp3) is 0.333. The van der Waals surface area contributed by atoms with Gasteiger partial charge < -0.3 is 9.84 Å². The molecule has 72 valence electrons. The van der Waals surface area contributed by atoms with Crippen LogP contribution in [0.3, 0.4) is 0 Å². The summed E-state index contributed by atoms with van der Waals surface area (Å²) in [5.41, 5.74) is 0.229. The maximum Gasteiger partial charge on any atom is 0.267 e. The monoisotopic (exact) mass is 188 g/mol. The minimum atomic E-state index is -2.64. The van der Waals surface area contributed by atoms with Crippen molar-refractivity contribution in [3.05, 3.63) is 23.3 Å². The minimum Gasteiger partial charge on any atom is -0.504 e. The second-order valence-corrected chi connectivity index (χ2v) is 2.65. The number of rotatable bonds is 2. The Hall–Kier alpha value is -1.32. The molecule has 0 atom stereocenters. The van der Waals surface area contributed by atoms with E-state index in [1.54, 1.807) is 6.92 Å². The molecule has 0 saturated heterocycles. The molecule has 1 N–H and O–H groups in total. The summed E-state index contributed by atoms with van der Waals surface area (Å²) in [5.74, 6) is -0.365. The zero-order chi connectivity index (χ0) is 10.0. The van der Waals surface area contributed by atoms with Crippen molar-refractivity contribution in [1.82, 2.24) is 0 Å². The van der Waals surface area contributed by atoms with Gasteiger partial charge in [-0.1, -0.05) is 6.07 Å². The number of phenolic OH excluding ortho intramolecular Hbond substituents is 1. The van der Waals surface area contributed by atoms with Crippen LogP contribution in [-0.2, 0) is 0 Å². The van der Waals surface area contributed by atoms with Crippen LogP contribution < -0.4 is 4.74 Å². The molecule has 13 heavy (non-hydrogen) atoms. The summed E-state index contributed by atoms with van der Waals surface area (Å²) in [6.07, 6.45) is -2.64. The molecule has 0 fully saturated rings. The zero-order valence-electron chi connectivity index (χ0n) is 7.34. The highest BCUT2D eigenvalue weighted by Gasteiger charge is 2.17. The van der Waals surface area contributed by atoms with Crippen LogP contribution in [0.2, 0.25) is 0 Å². The Labute approximate surface area is 74.8 Å². The Kier molecular flexibility index (Phi) is 2.70. The van der Waals surface area contributed by atoms with E-state index in [9.17, 15) is 13.9 Å². The van der Waals surface area contributed by atoms with Gasteiger partial charge in [-0.3, -0.25) is 0 Å². The van der Waals surface area contributed by atoms with Crippen molar-refractivity contribution >= 4 is 0 Å². The molecule has 0 aliphatic rings. The summed E-state index contributed by atoms with van der Waals surface area (Å²) in [6, 6.07) is 2.68. The SMILES string of the molecule is COc1c(C(F)F)ccc(C)c1O. The largest absolute Gasteiger partial charge is 0.504 e. The average molecular weight is 188 g/mol. The van der Waals surface area contributed by atoms with E-state index in [4.69, 9.17) is 0 Å². The molecular weight excluding hydrogens is 178 g/mol. The van der Waals surface area contributed by atoms with Crippen LogP contribution in [0.5, 0.6) is 11.5 Å². The fourth-order valence-electron chi connectivity index (χ4n) is 1.07. The lowest BCUT2D eigenvalue weighted by Gasteiger charge is -2.10. The van der Waals surface area contributed by atoms with Gasteiger partial charge in [0.05, 0.1) is 12.7 Å². The summed E-state index contributed by atoms with van der Waals surface area (Å²) in [4.78, 5) is 0. The number of methoxy groups -OCH3 is 1. The van der Waals surface area contributed by atoms with Gasteiger partial charge in [0.25, 0.3) is 6.43 Å². The van der Waals surface area contributed by atoms with Gasteiger partial charge in [-0.25, -0.2) is 8.78 Å². The number of phenols is 1. The van der Waals surface area contributed by atoms with Gasteiger partial charge in [-0.15, -0.1) is 0 Å². The van der Waals surface area contributed by atoms with Crippen LogP contribution in [0, 0.1) is 6.92 Å². The van der Waals surface area contributed by atoms with Crippen molar-refractivity contribution < 1.29 is 18.6 Å². The van der Waals surface area contributed by atoms with Crippen LogP contribution in [-0.4, -0.2) is 12.2 Å². The Morgan fingerprint density at radius 1 is 1.38 bits per heavy atom. The molecule has 4 heteroatoms. The summed E-state index contributed by atoms with van der Waals surface area (Å²) in [7, 11) is 1.25. The normalized spacial score (nSPS) is 10.5. The average Bonchev–Trinajstić information content (AvgIpc) is 2.09. The first kappa shape index (κ1) is 9.77. The van der Waals surface area contributed by atoms with E-state index >= 15 is 0 Å². The summed E-state index contributed by atoms with van der Waals surface area (Å²) >= 11 is 0. The topological polar surface area (TPSA) is 29.5 Å². The Morgan fingerprint density at radius 2 is 2.00 bits per heavy atom. The molecule has 0 unspecified atom stereocenters. The van der Waals surface area contributed by atoms with Crippen LogP contribution in [0.15, 0.2) is 12.1 Å². The number of aryl methyl sites for hydroxylation is 1. The van der Waals surface area contributed by atoms with Crippen molar-refractivity contribution in [2.45, 2.75) is 13.3 Å². The maximum absolute atomic E-state index is 12.3. The number of benzene rings is 1. The third-order valence-electron chi connectivity index (χ3n) is 1.80. The first-order chi connectivity index (χ1) is 6.07. The highest BCUT2D eigenvalue weighted by molar-refractivity contribution is 5.50. The van der Waals surface area contributed by atoms with Gasteiger partial charge in [0.2, 0.25) is 0 Å². The second-order valence-electron chi connectivity index (χ2n) is 2.65. The van der Waals surface area contributed by atoms with Crippen LogP contribution in [0.1, 0.15) is 17.6 Å². The maximum atomic E-state index is 12.3. The molecule has 0 spiro atoms. The predicted octanol–water partition coefficient (Wildman–Crippen LogP) is 2.65. The van der Waals surface area contributed by atoms with Crippen LogP contribution >= 0.6 is 0 Å². The third-order valence-corrected chi connectivity index (χ3v) is 1.80. The number of hydrogen-bond acceptors (Lipinski definition) is 2. The van der Waals surface area contributed by atoms with Crippen molar-refractivity contribution in [2.75, 3.05) is 7.11 Å². The van der Waals surface area contributed by atoms with Gasteiger partial charge in [0.1, 0.15) is 0 Å². The highest BCUT2D eigenvalue weighted by Crippen LogP contribution is 2.38. The molecule has 0 radical (unpaired) electrons. The summed E-state index contributed by atoms with van der Waals surface area (Å²) in [6.45, 7) is 1.62. The molecule has 2 nitrogen and oxygen atoms in total. The molecule has 0 aliphatic carbocycles. The van der Waals surface area contributed by atoms with Crippen molar-refractivity contribution in [2.24, 2.45) is 0 Å². The van der Waals surface area contributed by atoms with E-state index in [-0.39, 0.29) is 17.1 Å². The second kappa shape index (κ2) is 3.60. The number of alkyl halides is 2. The molecule has 0 aromatic heterocycles. The number of aromatic hydroxyl groups is 1. The first-order valence-electron chi connectivity index (χ1n) is 3.72. The van der Waals surface area contributed by atoms with Crippen molar-refractivity contribution in [3.63, 3.8) is 0 Å². The number of halogens is 2. The van der Waals surface area contributed by atoms with E-state index in [0.29, 0.717) is 5.56 Å². The zero-order valence-corrected chi connectivity index (χ0v) is 7.34. The standard InChI is InChI=1S/C9H10F2O2/c1-5-3-4-6(9(10)11)8(13-2)7(5)12/h3-4,9,12H,1-2H3. The van der Waals surface area contributed by atoms with Crippen LogP contribution in [0.25, 0.3) is 0 Å². The van der Waals surface area contributed by atoms with Gasteiger partial charge in [0, 0.05) is 0 Å². The third kappa shape index (κ3) is 1.71. The van der Waals surface area contributed by atoms with Crippen LogP contribution in [0.4, 0.5) is 8.78 Å². The lowest BCUT2D eigenvalue weighted by molar-refractivity contribution is 0.146. The van der Waals surface area contributed by atoms with E-state index < -0.39 is 6.43 Å². The number of hydrogen-bond donors (Lipinski definition) is 1. The number of ether oxygens (including phenoxy) is 1. The molecular formula is C9H10F2O2. The molecule has 1 rings (SSSR count). The van der Waals surface area contributed by atoms with Gasteiger partial charge in [0.15, 0.2) is 11.5 Å². The van der Waals surface area contributed by atoms with E-state index in [2.05, 4.69) is 4.74 Å². The van der Waals surface area contributed by atoms with Gasteiger partial charge in [-0.05, 0) is 18.6 Å². The lowest BCUT2D eigenvalue weighted by atomic mass is 10.1. The van der Waals surface area contributed by atoms with Gasteiger partial charge >= 0.3 is 0 Å². The molecule has 0 heterocycles. The lowest BCUT2D eigenvalue weighted by Crippen LogP contribution is -1.94. The molecule has 0 amide bonds. The Bertz CT molecular complexity index is 311. The fourth-order valence-corrected chi connectivity index (χ4v) is 1.07. The smallest absolute Gasteiger partial charge is 0.267 e. The molecule has 1 aromatic rings. The quantitative estimate of drug-likeness (QED) is 0.773.